The number of hydrogen-bond donors (Lipinski definition) is 1. The van der Waals surface area contributed by atoms with Gasteiger partial charge in [0.05, 0.1) is 16.7 Å². The van der Waals surface area contributed by atoms with E-state index in [1.54, 1.807) is 6.92 Å². The number of aryl methyl sites for hydroxylation is 1. The van der Waals surface area contributed by atoms with Crippen LogP contribution >= 0.6 is 22.9 Å². The zero-order valence-corrected chi connectivity index (χ0v) is 20.3. The Balaban J connectivity index is 1.34. The molecule has 1 aliphatic carbocycles. The summed E-state index contributed by atoms with van der Waals surface area (Å²) in [6, 6.07) is 9.73. The summed E-state index contributed by atoms with van der Waals surface area (Å²) in [5.74, 6) is -0.182. The Bertz CT molecular complexity index is 1080. The van der Waals surface area contributed by atoms with Gasteiger partial charge in [0.25, 0.3) is 5.91 Å². The molecule has 1 fully saturated rings. The van der Waals surface area contributed by atoms with Crippen LogP contribution in [0.5, 0.6) is 0 Å². The van der Waals surface area contributed by atoms with Crippen molar-refractivity contribution in [3.63, 3.8) is 0 Å². The monoisotopic (exact) mass is 485 g/mol. The SMILES string of the molecule is Cc1snnc1/C(=N/OCc1csc(NC(=O)C(C)OC2CCCCC2)n1)c1ccccc1. The van der Waals surface area contributed by atoms with E-state index in [4.69, 9.17) is 9.57 Å². The van der Waals surface area contributed by atoms with Gasteiger partial charge in [-0.15, -0.1) is 16.4 Å². The number of thiazole rings is 1. The molecule has 33 heavy (non-hydrogen) atoms. The number of oxime groups is 1. The van der Waals surface area contributed by atoms with Gasteiger partial charge in [0, 0.05) is 10.9 Å². The Labute approximate surface area is 201 Å². The lowest BCUT2D eigenvalue weighted by molar-refractivity contribution is -0.131. The molecular formula is C23H27N5O3S2. The van der Waals surface area contributed by atoms with Gasteiger partial charge in [0.15, 0.2) is 11.7 Å². The molecule has 4 rings (SSSR count). The highest BCUT2D eigenvalue weighted by atomic mass is 32.1. The summed E-state index contributed by atoms with van der Waals surface area (Å²) in [4.78, 5) is 23.5. The number of anilines is 1. The van der Waals surface area contributed by atoms with Gasteiger partial charge in [-0.25, -0.2) is 4.98 Å². The first-order valence-corrected chi connectivity index (χ1v) is 12.7. The summed E-state index contributed by atoms with van der Waals surface area (Å²) in [5, 5.41) is 13.7. The van der Waals surface area contributed by atoms with E-state index in [1.165, 1.54) is 42.1 Å². The number of carbonyl (C=O) groups excluding carboxylic acids is 1. The van der Waals surface area contributed by atoms with Crippen molar-refractivity contribution >= 4 is 39.6 Å². The van der Waals surface area contributed by atoms with Crippen molar-refractivity contribution in [2.45, 2.75) is 64.8 Å². The van der Waals surface area contributed by atoms with Crippen molar-refractivity contribution in [1.29, 1.82) is 0 Å². The molecule has 0 spiro atoms. The molecule has 174 valence electrons. The van der Waals surface area contributed by atoms with Gasteiger partial charge in [-0.3, -0.25) is 10.1 Å². The smallest absolute Gasteiger partial charge is 0.255 e. The molecule has 3 aromatic rings. The van der Waals surface area contributed by atoms with Crippen LogP contribution in [0, 0.1) is 6.92 Å². The summed E-state index contributed by atoms with van der Waals surface area (Å²) in [7, 11) is 0. The van der Waals surface area contributed by atoms with Crippen LogP contribution in [0.4, 0.5) is 5.13 Å². The Hall–Kier alpha value is -2.69. The van der Waals surface area contributed by atoms with E-state index in [0.29, 0.717) is 22.2 Å². The number of hydrogen-bond acceptors (Lipinski definition) is 9. The van der Waals surface area contributed by atoms with Gasteiger partial charge in [-0.05, 0) is 38.2 Å². The van der Waals surface area contributed by atoms with Crippen molar-refractivity contribution in [3.8, 4) is 0 Å². The predicted molar refractivity (Wildman–Crippen MR) is 130 cm³/mol. The van der Waals surface area contributed by atoms with E-state index in [1.807, 2.05) is 42.6 Å². The van der Waals surface area contributed by atoms with Gasteiger partial charge >= 0.3 is 0 Å². The van der Waals surface area contributed by atoms with Crippen LogP contribution in [0.15, 0.2) is 40.9 Å². The van der Waals surface area contributed by atoms with E-state index in [0.717, 1.165) is 23.3 Å². The fourth-order valence-electron chi connectivity index (χ4n) is 3.63. The molecule has 10 heteroatoms. The third kappa shape index (κ3) is 6.43. The maximum atomic E-state index is 12.5. The fraction of sp³-hybridized carbons (Fsp3) is 0.435. The average Bonchev–Trinajstić information content (AvgIpc) is 3.46. The van der Waals surface area contributed by atoms with E-state index in [-0.39, 0.29) is 18.6 Å². The van der Waals surface area contributed by atoms with Crippen molar-refractivity contribution in [2.75, 3.05) is 5.32 Å². The molecule has 1 saturated carbocycles. The van der Waals surface area contributed by atoms with Gasteiger partial charge < -0.3 is 9.57 Å². The van der Waals surface area contributed by atoms with Crippen molar-refractivity contribution < 1.29 is 14.4 Å². The third-order valence-corrected chi connectivity index (χ3v) is 6.83. The van der Waals surface area contributed by atoms with Crippen LogP contribution in [0.2, 0.25) is 0 Å². The molecule has 1 atom stereocenters. The molecule has 0 saturated heterocycles. The highest BCUT2D eigenvalue weighted by molar-refractivity contribution is 7.13. The highest BCUT2D eigenvalue weighted by Crippen LogP contribution is 2.23. The molecule has 0 aliphatic heterocycles. The molecule has 1 amide bonds. The first-order chi connectivity index (χ1) is 16.1. The van der Waals surface area contributed by atoms with Crippen LogP contribution in [0.1, 0.15) is 60.9 Å². The Kier molecular flexibility index (Phi) is 8.14. The molecule has 1 aliphatic rings. The maximum Gasteiger partial charge on any atom is 0.255 e. The highest BCUT2D eigenvalue weighted by Gasteiger charge is 2.22. The average molecular weight is 486 g/mol. The topological polar surface area (TPSA) is 98.6 Å². The largest absolute Gasteiger partial charge is 0.389 e. The lowest BCUT2D eigenvalue weighted by Crippen LogP contribution is -2.32. The molecule has 0 radical (unpaired) electrons. The third-order valence-electron chi connectivity index (χ3n) is 5.39. The second kappa shape index (κ2) is 11.4. The number of nitrogens with one attached hydrogen (secondary N) is 1. The lowest BCUT2D eigenvalue weighted by Gasteiger charge is -2.24. The fourth-order valence-corrected chi connectivity index (χ4v) is 4.80. The van der Waals surface area contributed by atoms with Crippen molar-refractivity contribution in [1.82, 2.24) is 14.6 Å². The summed E-state index contributed by atoms with van der Waals surface area (Å²) < 4.78 is 9.93. The maximum absolute atomic E-state index is 12.5. The Morgan fingerprint density at radius 1 is 1.24 bits per heavy atom. The number of amides is 1. The summed E-state index contributed by atoms with van der Waals surface area (Å²) in [6.07, 6.45) is 5.31. The van der Waals surface area contributed by atoms with Crippen LogP contribution in [0.25, 0.3) is 0 Å². The second-order valence-electron chi connectivity index (χ2n) is 7.93. The van der Waals surface area contributed by atoms with Crippen molar-refractivity contribution in [3.05, 3.63) is 57.5 Å². The molecule has 2 aromatic heterocycles. The van der Waals surface area contributed by atoms with E-state index in [9.17, 15) is 4.79 Å². The number of rotatable bonds is 9. The molecular weight excluding hydrogens is 458 g/mol. The number of aromatic nitrogens is 3. The van der Waals surface area contributed by atoms with Gasteiger partial charge in [-0.1, -0.05) is 59.2 Å². The zero-order chi connectivity index (χ0) is 23.0. The van der Waals surface area contributed by atoms with Crippen LogP contribution in [0.3, 0.4) is 0 Å². The first kappa shape index (κ1) is 23.5. The van der Waals surface area contributed by atoms with E-state index >= 15 is 0 Å². The molecule has 1 aromatic carbocycles. The standard InChI is InChI=1S/C23H27N5O3S2/c1-15(31-19-11-7-4-8-12-19)22(29)25-23-24-18(14-32-23)13-30-27-21(17-9-5-3-6-10-17)20-16(2)33-28-26-20/h3,5-6,9-10,14-15,19H,4,7-8,11-13H2,1-2H3,(H,24,25,29)/b27-21+. The summed E-state index contributed by atoms with van der Waals surface area (Å²) in [5.41, 5.74) is 2.90. The number of nitrogens with zero attached hydrogens (tertiary/aromatic N) is 4. The molecule has 1 N–H and O–H groups in total. The molecule has 0 bridgehead atoms. The minimum atomic E-state index is -0.510. The minimum Gasteiger partial charge on any atom is -0.389 e. The number of ether oxygens (including phenoxy) is 1. The van der Waals surface area contributed by atoms with Crippen LogP contribution in [-0.2, 0) is 21.0 Å². The normalized spacial score (nSPS) is 15.9. The number of benzene rings is 1. The van der Waals surface area contributed by atoms with Gasteiger partial charge in [-0.2, -0.15) is 0 Å². The quantitative estimate of drug-likeness (QED) is 0.340. The summed E-state index contributed by atoms with van der Waals surface area (Å²) in [6.45, 7) is 3.91. The first-order valence-electron chi connectivity index (χ1n) is 11.1. The van der Waals surface area contributed by atoms with Crippen LogP contribution in [-0.4, -0.2) is 38.4 Å². The molecule has 1 unspecified atom stereocenters. The van der Waals surface area contributed by atoms with Gasteiger partial charge in [0.2, 0.25) is 0 Å². The van der Waals surface area contributed by atoms with Crippen LogP contribution < -0.4 is 5.32 Å². The van der Waals surface area contributed by atoms with E-state index < -0.39 is 6.10 Å². The second-order valence-corrected chi connectivity index (χ2v) is 9.75. The van der Waals surface area contributed by atoms with Crippen molar-refractivity contribution in [2.24, 2.45) is 5.16 Å². The Morgan fingerprint density at radius 2 is 2.03 bits per heavy atom. The molecule has 2 heterocycles. The predicted octanol–water partition coefficient (Wildman–Crippen LogP) is 4.95. The lowest BCUT2D eigenvalue weighted by atomic mass is 9.98. The van der Waals surface area contributed by atoms with Gasteiger partial charge in [0.1, 0.15) is 17.5 Å². The molecule has 8 nitrogen and oxygen atoms in total. The minimum absolute atomic E-state index is 0.174. The number of carbonyl (C=O) groups is 1. The zero-order valence-electron chi connectivity index (χ0n) is 18.7. The Morgan fingerprint density at radius 3 is 2.76 bits per heavy atom. The summed E-state index contributed by atoms with van der Waals surface area (Å²) >= 11 is 2.67. The van der Waals surface area contributed by atoms with E-state index in [2.05, 4.69) is 25.0 Å².